The van der Waals surface area contributed by atoms with Gasteiger partial charge in [-0.1, -0.05) is 25.4 Å². The van der Waals surface area contributed by atoms with Crippen molar-refractivity contribution >= 4 is 23.2 Å². The molecule has 1 aromatic carbocycles. The number of hydrogen-bond acceptors (Lipinski definition) is 2. The number of halogens is 2. The number of ether oxygens (including phenoxy) is 1. The molecule has 0 aromatic heterocycles. The average molecular weight is 272 g/mol. The van der Waals surface area contributed by atoms with Crippen LogP contribution >= 0.6 is 23.2 Å². The van der Waals surface area contributed by atoms with Gasteiger partial charge in [-0.05, 0) is 36.1 Å². The van der Waals surface area contributed by atoms with Crippen molar-refractivity contribution in [2.45, 2.75) is 32.1 Å². The summed E-state index contributed by atoms with van der Waals surface area (Å²) < 4.78 is 5.52. The van der Waals surface area contributed by atoms with Gasteiger partial charge in [0, 0.05) is 5.02 Å². The molecule has 0 saturated heterocycles. The van der Waals surface area contributed by atoms with Gasteiger partial charge < -0.3 is 4.74 Å². The second-order valence-corrected chi connectivity index (χ2v) is 5.14. The highest BCUT2D eigenvalue weighted by molar-refractivity contribution is 6.31. The molecule has 0 bridgehead atoms. The maximum atomic E-state index is 8.59. The van der Waals surface area contributed by atoms with E-state index in [0.717, 1.165) is 21.9 Å². The number of aryl methyl sites for hydroxylation is 1. The number of nitriles is 1. The molecule has 0 heterocycles. The summed E-state index contributed by atoms with van der Waals surface area (Å²) in [5.41, 5.74) is 1.98. The van der Waals surface area contributed by atoms with Crippen LogP contribution in [0, 0.1) is 18.3 Å². The van der Waals surface area contributed by atoms with Gasteiger partial charge in [0.05, 0.1) is 6.07 Å². The Morgan fingerprint density at radius 3 is 2.59 bits per heavy atom. The summed E-state index contributed by atoms with van der Waals surface area (Å²) in [6, 6.07) is 5.71. The fraction of sp³-hybridized carbons (Fsp3) is 0.462. The third-order valence-electron chi connectivity index (χ3n) is 2.44. The Labute approximate surface area is 112 Å². The fourth-order valence-corrected chi connectivity index (χ4v) is 1.97. The van der Waals surface area contributed by atoms with Crippen LogP contribution in [0.5, 0.6) is 5.75 Å². The topological polar surface area (TPSA) is 33.0 Å². The number of nitrogens with zero attached hydrogens (tertiary/aromatic N) is 1. The molecular weight excluding hydrogens is 257 g/mol. The largest absolute Gasteiger partial charge is 0.491 e. The number of benzene rings is 1. The fourth-order valence-electron chi connectivity index (χ4n) is 1.47. The second-order valence-electron chi connectivity index (χ2n) is 4.20. The van der Waals surface area contributed by atoms with E-state index in [1.54, 1.807) is 0 Å². The van der Waals surface area contributed by atoms with E-state index >= 15 is 0 Å². The maximum Gasteiger partial charge on any atom is 0.154 e. The molecule has 0 aliphatic rings. The number of alkyl halides is 1. The van der Waals surface area contributed by atoms with Crippen LogP contribution in [0.15, 0.2) is 12.1 Å². The highest BCUT2D eigenvalue weighted by Gasteiger charge is 2.11. The number of hydrogen-bond donors (Lipinski definition) is 0. The molecule has 1 aromatic rings. The Hall–Kier alpha value is -0.910. The molecule has 4 heteroatoms. The molecule has 1 unspecified atom stereocenters. The van der Waals surface area contributed by atoms with Gasteiger partial charge in [-0.2, -0.15) is 5.26 Å². The van der Waals surface area contributed by atoms with Gasteiger partial charge in [0.2, 0.25) is 0 Å². The summed E-state index contributed by atoms with van der Waals surface area (Å²) >= 11 is 11.8. The minimum Gasteiger partial charge on any atom is -0.491 e. The lowest BCUT2D eigenvalue weighted by Gasteiger charge is -2.14. The molecular formula is C13H15Cl2NO. The van der Waals surface area contributed by atoms with Crippen molar-refractivity contribution < 1.29 is 4.74 Å². The van der Waals surface area contributed by atoms with E-state index in [0.29, 0.717) is 5.92 Å². The molecule has 0 fully saturated rings. The van der Waals surface area contributed by atoms with Crippen LogP contribution in [-0.4, -0.2) is 12.0 Å². The first kappa shape index (κ1) is 14.2. The summed E-state index contributed by atoms with van der Waals surface area (Å²) in [4.78, 5) is 0. The average Bonchev–Trinajstić information content (AvgIpc) is 2.26. The molecule has 92 valence electrons. The maximum absolute atomic E-state index is 8.59. The third-order valence-corrected chi connectivity index (χ3v) is 2.99. The minimum absolute atomic E-state index is 0.179. The predicted molar refractivity (Wildman–Crippen MR) is 71.0 cm³/mol. The number of rotatable bonds is 4. The van der Waals surface area contributed by atoms with Gasteiger partial charge >= 0.3 is 0 Å². The van der Waals surface area contributed by atoms with Crippen molar-refractivity contribution in [1.82, 2.24) is 0 Å². The van der Waals surface area contributed by atoms with Gasteiger partial charge in [-0.15, -0.1) is 11.6 Å². The van der Waals surface area contributed by atoms with Crippen LogP contribution < -0.4 is 4.74 Å². The lowest BCUT2D eigenvalue weighted by Crippen LogP contribution is -2.10. The summed E-state index contributed by atoms with van der Waals surface area (Å²) in [6.07, 6.45) is 0. The van der Waals surface area contributed by atoms with E-state index in [4.69, 9.17) is 33.2 Å². The van der Waals surface area contributed by atoms with E-state index in [-0.39, 0.29) is 6.61 Å². The lowest BCUT2D eigenvalue weighted by atomic mass is 10.0. The molecule has 17 heavy (non-hydrogen) atoms. The molecule has 0 amide bonds. The smallest absolute Gasteiger partial charge is 0.154 e. The first-order valence-electron chi connectivity index (χ1n) is 5.42. The Morgan fingerprint density at radius 2 is 2.06 bits per heavy atom. The normalized spacial score (nSPS) is 12.3. The molecule has 0 aliphatic heterocycles. The van der Waals surface area contributed by atoms with E-state index in [1.807, 2.05) is 25.1 Å². The molecule has 0 spiro atoms. The van der Waals surface area contributed by atoms with Gasteiger partial charge in [0.25, 0.3) is 0 Å². The van der Waals surface area contributed by atoms with Crippen LogP contribution in [0.3, 0.4) is 0 Å². The summed E-state index contributed by atoms with van der Waals surface area (Å²) in [5.74, 6) is 1.06. The lowest BCUT2D eigenvalue weighted by molar-refractivity contribution is 0.326. The monoisotopic (exact) mass is 271 g/mol. The van der Waals surface area contributed by atoms with Crippen molar-refractivity contribution in [3.8, 4) is 11.8 Å². The highest BCUT2D eigenvalue weighted by atomic mass is 35.5. The van der Waals surface area contributed by atoms with Crippen molar-refractivity contribution in [3.05, 3.63) is 28.3 Å². The highest BCUT2D eigenvalue weighted by Crippen LogP contribution is 2.31. The van der Waals surface area contributed by atoms with Crippen molar-refractivity contribution in [2.24, 2.45) is 0 Å². The van der Waals surface area contributed by atoms with Crippen molar-refractivity contribution in [1.29, 1.82) is 5.26 Å². The summed E-state index contributed by atoms with van der Waals surface area (Å²) in [7, 11) is 0. The van der Waals surface area contributed by atoms with Crippen LogP contribution in [0.2, 0.25) is 5.02 Å². The SMILES string of the molecule is Cc1cc(Cl)c(C(C)C)cc1OCC(Cl)C#N. The van der Waals surface area contributed by atoms with Crippen LogP contribution in [-0.2, 0) is 0 Å². The van der Waals surface area contributed by atoms with Gasteiger partial charge in [-0.3, -0.25) is 0 Å². The molecule has 0 saturated carbocycles. The van der Waals surface area contributed by atoms with E-state index < -0.39 is 5.38 Å². The molecule has 0 N–H and O–H groups in total. The first-order valence-corrected chi connectivity index (χ1v) is 6.23. The van der Waals surface area contributed by atoms with E-state index in [2.05, 4.69) is 13.8 Å². The zero-order valence-electron chi connectivity index (χ0n) is 10.1. The Morgan fingerprint density at radius 1 is 1.41 bits per heavy atom. The predicted octanol–water partition coefficient (Wildman–Crippen LogP) is 4.28. The van der Waals surface area contributed by atoms with Crippen LogP contribution in [0.1, 0.15) is 30.9 Å². The van der Waals surface area contributed by atoms with Gasteiger partial charge in [0.15, 0.2) is 5.38 Å². The molecule has 0 aliphatic carbocycles. The van der Waals surface area contributed by atoms with Crippen molar-refractivity contribution in [3.63, 3.8) is 0 Å². The van der Waals surface area contributed by atoms with Crippen LogP contribution in [0.25, 0.3) is 0 Å². The first-order chi connectivity index (χ1) is 7.95. The van der Waals surface area contributed by atoms with Crippen molar-refractivity contribution in [2.75, 3.05) is 6.61 Å². The van der Waals surface area contributed by atoms with E-state index in [9.17, 15) is 0 Å². The zero-order valence-corrected chi connectivity index (χ0v) is 11.6. The molecule has 0 radical (unpaired) electrons. The molecule has 1 atom stereocenters. The van der Waals surface area contributed by atoms with E-state index in [1.165, 1.54) is 0 Å². The third kappa shape index (κ3) is 3.80. The molecule has 1 rings (SSSR count). The zero-order chi connectivity index (χ0) is 13.0. The summed E-state index contributed by atoms with van der Waals surface area (Å²) in [5, 5.41) is 8.70. The van der Waals surface area contributed by atoms with Gasteiger partial charge in [-0.25, -0.2) is 0 Å². The van der Waals surface area contributed by atoms with Crippen LogP contribution in [0.4, 0.5) is 0 Å². The standard InChI is InChI=1S/C13H15Cl2NO/c1-8(2)11-5-13(9(3)4-12(11)15)17-7-10(14)6-16/h4-5,8,10H,7H2,1-3H3. The second kappa shape index (κ2) is 6.14. The molecule has 2 nitrogen and oxygen atoms in total. The Bertz CT molecular complexity index is 438. The summed E-state index contributed by atoms with van der Waals surface area (Å²) in [6.45, 7) is 6.24. The minimum atomic E-state index is -0.632. The Kier molecular flexibility index (Phi) is 5.11. The Balaban J connectivity index is 2.93. The quantitative estimate of drug-likeness (QED) is 0.766. The van der Waals surface area contributed by atoms with Gasteiger partial charge in [0.1, 0.15) is 12.4 Å².